The van der Waals surface area contributed by atoms with Crippen LogP contribution in [0.5, 0.6) is 0 Å². The summed E-state index contributed by atoms with van der Waals surface area (Å²) < 4.78 is 4.50. The number of hydrogen-bond donors (Lipinski definition) is 1. The first kappa shape index (κ1) is 12.1. The Morgan fingerprint density at radius 2 is 2.47 bits per heavy atom. The molecule has 0 atom stereocenters. The Morgan fingerprint density at radius 1 is 1.73 bits per heavy atom. The average molecular weight is 248 g/mol. The molecule has 0 aliphatic carbocycles. The summed E-state index contributed by atoms with van der Waals surface area (Å²) in [6.45, 7) is 0. The summed E-state index contributed by atoms with van der Waals surface area (Å²) in [6, 6.07) is 0. The monoisotopic (exact) mass is 247 g/mol. The van der Waals surface area contributed by atoms with Gasteiger partial charge < -0.3 is 10.5 Å². The molecule has 1 rings (SSSR count). The zero-order chi connectivity index (χ0) is 11.3. The van der Waals surface area contributed by atoms with E-state index in [0.717, 1.165) is 0 Å². The van der Waals surface area contributed by atoms with Gasteiger partial charge in [-0.15, -0.1) is 11.8 Å². The van der Waals surface area contributed by atoms with Gasteiger partial charge in [0.2, 0.25) is 5.28 Å². The van der Waals surface area contributed by atoms with E-state index in [-0.39, 0.29) is 11.3 Å². The van der Waals surface area contributed by atoms with Gasteiger partial charge in [-0.25, -0.2) is 9.97 Å². The minimum Gasteiger partial charge on any atom is -0.469 e. The fraction of sp³-hybridized carbons (Fsp3) is 0.375. The Kier molecular flexibility index (Phi) is 4.64. The predicted molar refractivity (Wildman–Crippen MR) is 58.8 cm³/mol. The Balaban J connectivity index is 2.50. The molecule has 0 aliphatic heterocycles. The van der Waals surface area contributed by atoms with Gasteiger partial charge in [-0.1, -0.05) is 0 Å². The fourth-order valence-corrected chi connectivity index (χ4v) is 1.82. The number of rotatable bonds is 4. The molecular formula is C8H10ClN3O2S. The van der Waals surface area contributed by atoms with Crippen molar-refractivity contribution in [3.8, 4) is 0 Å². The summed E-state index contributed by atoms with van der Waals surface area (Å²) in [5, 5.41) is 0.726. The van der Waals surface area contributed by atoms with Crippen LogP contribution in [-0.4, -0.2) is 28.8 Å². The van der Waals surface area contributed by atoms with Crippen molar-refractivity contribution >= 4 is 35.0 Å². The molecule has 5 nitrogen and oxygen atoms in total. The molecule has 1 aromatic rings. The number of aromatic nitrogens is 2. The van der Waals surface area contributed by atoms with Crippen molar-refractivity contribution in [2.24, 2.45) is 0 Å². The maximum atomic E-state index is 10.8. The molecule has 0 saturated carbocycles. The van der Waals surface area contributed by atoms with Crippen molar-refractivity contribution in [2.45, 2.75) is 11.4 Å². The summed E-state index contributed by atoms with van der Waals surface area (Å²) in [7, 11) is 1.35. The van der Waals surface area contributed by atoms with Gasteiger partial charge in [0, 0.05) is 5.75 Å². The number of methoxy groups -OCH3 is 1. The van der Waals surface area contributed by atoms with Crippen LogP contribution in [0.4, 0.5) is 5.69 Å². The number of ether oxygens (including phenoxy) is 1. The second-order valence-corrected chi connectivity index (χ2v) is 4.00. The van der Waals surface area contributed by atoms with E-state index in [1.54, 1.807) is 0 Å². The van der Waals surface area contributed by atoms with Crippen LogP contribution in [-0.2, 0) is 9.53 Å². The summed E-state index contributed by atoms with van der Waals surface area (Å²) in [5.41, 5.74) is 6.07. The van der Waals surface area contributed by atoms with E-state index in [0.29, 0.717) is 22.9 Å². The molecule has 0 bridgehead atoms. The third kappa shape index (κ3) is 3.93. The number of nitrogens with two attached hydrogens (primary N) is 1. The summed E-state index contributed by atoms with van der Waals surface area (Å²) >= 11 is 6.95. The molecular weight excluding hydrogens is 238 g/mol. The van der Waals surface area contributed by atoms with Crippen molar-refractivity contribution in [3.05, 3.63) is 11.5 Å². The summed E-state index contributed by atoms with van der Waals surface area (Å²) in [4.78, 5) is 18.5. The molecule has 2 N–H and O–H groups in total. The standard InChI is InChI=1S/C8H10ClN3O2S/c1-14-6(13)2-3-15-7-5(10)4-11-8(9)12-7/h4H,2-3,10H2,1H3. The first-order chi connectivity index (χ1) is 7.13. The molecule has 0 unspecified atom stereocenters. The minimum absolute atomic E-state index is 0.143. The van der Waals surface area contributed by atoms with E-state index in [1.807, 2.05) is 0 Å². The van der Waals surface area contributed by atoms with Crippen molar-refractivity contribution < 1.29 is 9.53 Å². The maximum absolute atomic E-state index is 10.8. The lowest BCUT2D eigenvalue weighted by Crippen LogP contribution is -2.02. The molecule has 7 heteroatoms. The second-order valence-electron chi connectivity index (χ2n) is 2.57. The van der Waals surface area contributed by atoms with Gasteiger partial charge >= 0.3 is 5.97 Å². The third-order valence-electron chi connectivity index (χ3n) is 1.52. The molecule has 82 valence electrons. The largest absolute Gasteiger partial charge is 0.469 e. The van der Waals surface area contributed by atoms with Crippen LogP contribution in [0, 0.1) is 0 Å². The van der Waals surface area contributed by atoms with E-state index in [9.17, 15) is 4.79 Å². The van der Waals surface area contributed by atoms with Crippen LogP contribution in [0.15, 0.2) is 11.2 Å². The zero-order valence-electron chi connectivity index (χ0n) is 8.07. The molecule has 0 spiro atoms. The minimum atomic E-state index is -0.263. The van der Waals surface area contributed by atoms with Gasteiger partial charge in [0.05, 0.1) is 25.4 Å². The summed E-state index contributed by atoms with van der Waals surface area (Å²) in [6.07, 6.45) is 1.75. The topological polar surface area (TPSA) is 78.1 Å². The van der Waals surface area contributed by atoms with Crippen molar-refractivity contribution in [2.75, 3.05) is 18.6 Å². The van der Waals surface area contributed by atoms with E-state index in [2.05, 4.69) is 14.7 Å². The maximum Gasteiger partial charge on any atom is 0.306 e. The van der Waals surface area contributed by atoms with Gasteiger partial charge in [0.15, 0.2) is 0 Å². The average Bonchev–Trinajstić information content (AvgIpc) is 2.23. The Labute approximate surface area is 96.4 Å². The highest BCUT2D eigenvalue weighted by Gasteiger charge is 2.06. The molecule has 15 heavy (non-hydrogen) atoms. The predicted octanol–water partition coefficient (Wildman–Crippen LogP) is 1.37. The molecule has 1 aromatic heterocycles. The zero-order valence-corrected chi connectivity index (χ0v) is 9.64. The SMILES string of the molecule is COC(=O)CCSc1nc(Cl)ncc1N. The Bertz CT molecular complexity index is 362. The number of nitrogens with zero attached hydrogens (tertiary/aromatic N) is 2. The molecule has 0 aromatic carbocycles. The van der Waals surface area contributed by atoms with E-state index < -0.39 is 0 Å². The molecule has 0 radical (unpaired) electrons. The van der Waals surface area contributed by atoms with Gasteiger partial charge in [0.25, 0.3) is 0 Å². The highest BCUT2D eigenvalue weighted by molar-refractivity contribution is 7.99. The van der Waals surface area contributed by atoms with E-state index >= 15 is 0 Å². The van der Waals surface area contributed by atoms with Crippen LogP contribution in [0.25, 0.3) is 0 Å². The highest BCUT2D eigenvalue weighted by atomic mass is 35.5. The Morgan fingerprint density at radius 3 is 3.13 bits per heavy atom. The lowest BCUT2D eigenvalue weighted by molar-refractivity contribution is -0.140. The van der Waals surface area contributed by atoms with Crippen molar-refractivity contribution in [3.63, 3.8) is 0 Å². The van der Waals surface area contributed by atoms with Crippen LogP contribution < -0.4 is 5.73 Å². The number of halogens is 1. The van der Waals surface area contributed by atoms with Crippen LogP contribution >= 0.6 is 23.4 Å². The Hall–Kier alpha value is -1.01. The van der Waals surface area contributed by atoms with Gasteiger partial charge in [-0.3, -0.25) is 4.79 Å². The number of carbonyl (C=O) groups excluding carboxylic acids is 1. The molecule has 0 fully saturated rings. The smallest absolute Gasteiger partial charge is 0.306 e. The first-order valence-electron chi connectivity index (χ1n) is 4.11. The van der Waals surface area contributed by atoms with Crippen LogP contribution in [0.3, 0.4) is 0 Å². The number of esters is 1. The van der Waals surface area contributed by atoms with E-state index in [4.69, 9.17) is 17.3 Å². The number of thioether (sulfide) groups is 1. The molecule has 0 aliphatic rings. The molecule has 0 amide bonds. The number of carbonyl (C=O) groups is 1. The van der Waals surface area contributed by atoms with Crippen molar-refractivity contribution in [1.82, 2.24) is 9.97 Å². The molecule has 0 saturated heterocycles. The lowest BCUT2D eigenvalue weighted by atomic mass is 10.5. The second kappa shape index (κ2) is 5.77. The van der Waals surface area contributed by atoms with Gasteiger partial charge in [-0.05, 0) is 11.6 Å². The third-order valence-corrected chi connectivity index (χ3v) is 2.71. The molecule has 1 heterocycles. The number of nitrogen functional groups attached to an aromatic ring is 1. The van der Waals surface area contributed by atoms with Crippen molar-refractivity contribution in [1.29, 1.82) is 0 Å². The lowest BCUT2D eigenvalue weighted by Gasteiger charge is -2.03. The van der Waals surface area contributed by atoms with Gasteiger partial charge in [-0.2, -0.15) is 0 Å². The first-order valence-corrected chi connectivity index (χ1v) is 5.47. The fourth-order valence-electron chi connectivity index (χ4n) is 0.804. The number of anilines is 1. The van der Waals surface area contributed by atoms with Crippen LogP contribution in [0.1, 0.15) is 6.42 Å². The number of hydrogen-bond acceptors (Lipinski definition) is 6. The van der Waals surface area contributed by atoms with E-state index in [1.165, 1.54) is 25.1 Å². The quantitative estimate of drug-likeness (QED) is 0.375. The normalized spacial score (nSPS) is 10.0. The summed E-state index contributed by atoms with van der Waals surface area (Å²) in [5.74, 6) is 0.283. The highest BCUT2D eigenvalue weighted by Crippen LogP contribution is 2.23. The van der Waals surface area contributed by atoms with Gasteiger partial charge in [0.1, 0.15) is 5.03 Å². The van der Waals surface area contributed by atoms with Crippen LogP contribution in [0.2, 0.25) is 5.28 Å².